The van der Waals surface area contributed by atoms with Crippen LogP contribution in [0.25, 0.3) is 0 Å². The van der Waals surface area contributed by atoms with E-state index in [9.17, 15) is 4.79 Å². The van der Waals surface area contributed by atoms with Crippen LogP contribution in [0.5, 0.6) is 0 Å². The van der Waals surface area contributed by atoms with Crippen LogP contribution in [0, 0.1) is 0 Å². The van der Waals surface area contributed by atoms with Crippen LogP contribution in [0.4, 0.5) is 5.69 Å². The summed E-state index contributed by atoms with van der Waals surface area (Å²) in [5, 5.41) is 6.97. The number of hydrogen-bond acceptors (Lipinski definition) is 3. The molecule has 0 radical (unpaired) electrons. The van der Waals surface area contributed by atoms with Crippen molar-refractivity contribution in [2.24, 2.45) is 0 Å². The smallest absolute Gasteiger partial charge is 0.253 e. The zero-order valence-electron chi connectivity index (χ0n) is 14.8. The number of anilines is 1. The highest BCUT2D eigenvalue weighted by Crippen LogP contribution is 2.20. The lowest BCUT2D eigenvalue weighted by Crippen LogP contribution is -2.23. The molecule has 3 rings (SSSR count). The molecule has 0 saturated heterocycles. The molecule has 1 aliphatic rings. The Bertz CT molecular complexity index is 771. The van der Waals surface area contributed by atoms with Crippen LogP contribution in [-0.2, 0) is 6.54 Å². The first-order chi connectivity index (χ1) is 12.7. The molecule has 1 amide bonds. The lowest BCUT2D eigenvalue weighted by Gasteiger charge is -2.13. The summed E-state index contributed by atoms with van der Waals surface area (Å²) in [6.45, 7) is 1.32. The molecule has 0 fully saturated rings. The summed E-state index contributed by atoms with van der Waals surface area (Å²) in [6.07, 6.45) is 11.8. The highest BCUT2D eigenvalue weighted by atomic mass is 35.5. The van der Waals surface area contributed by atoms with E-state index in [1.165, 1.54) is 31.3 Å². The van der Waals surface area contributed by atoms with Crippen molar-refractivity contribution in [1.29, 1.82) is 0 Å². The third kappa shape index (κ3) is 5.60. The molecule has 1 heterocycles. The van der Waals surface area contributed by atoms with Gasteiger partial charge in [-0.15, -0.1) is 0 Å². The summed E-state index contributed by atoms with van der Waals surface area (Å²) in [4.78, 5) is 16.5. The largest absolute Gasteiger partial charge is 0.383 e. The number of nitrogens with zero attached hydrogens (tertiary/aromatic N) is 1. The van der Waals surface area contributed by atoms with Crippen molar-refractivity contribution < 1.29 is 4.79 Å². The normalized spacial score (nSPS) is 13.8. The van der Waals surface area contributed by atoms with E-state index in [4.69, 9.17) is 11.6 Å². The van der Waals surface area contributed by atoms with Crippen molar-refractivity contribution in [3.8, 4) is 0 Å². The number of carbonyl (C=O) groups excluding carboxylic acids is 1. The molecule has 1 aromatic carbocycles. The quantitative estimate of drug-likeness (QED) is 0.677. The second-order valence-corrected chi connectivity index (χ2v) is 6.99. The highest BCUT2D eigenvalue weighted by molar-refractivity contribution is 6.30. The minimum atomic E-state index is -0.133. The Hall–Kier alpha value is -2.33. The van der Waals surface area contributed by atoms with Gasteiger partial charge in [0.15, 0.2) is 0 Å². The number of amides is 1. The third-order valence-electron chi connectivity index (χ3n) is 4.53. The summed E-state index contributed by atoms with van der Waals surface area (Å²) in [5.41, 5.74) is 3.97. The predicted molar refractivity (Wildman–Crippen MR) is 107 cm³/mol. The number of pyridine rings is 1. The zero-order chi connectivity index (χ0) is 18.2. The lowest BCUT2D eigenvalue weighted by atomic mass is 9.97. The van der Waals surface area contributed by atoms with Crippen LogP contribution < -0.4 is 10.6 Å². The second-order valence-electron chi connectivity index (χ2n) is 6.56. The van der Waals surface area contributed by atoms with Crippen LogP contribution in [0.1, 0.15) is 48.0 Å². The number of aromatic nitrogens is 1. The minimum Gasteiger partial charge on any atom is -0.383 e. The Morgan fingerprint density at radius 3 is 2.77 bits per heavy atom. The summed E-state index contributed by atoms with van der Waals surface area (Å²) in [7, 11) is 0. The monoisotopic (exact) mass is 369 g/mol. The van der Waals surface area contributed by atoms with Crippen LogP contribution >= 0.6 is 11.6 Å². The van der Waals surface area contributed by atoms with Gasteiger partial charge in [-0.25, -0.2) is 0 Å². The van der Waals surface area contributed by atoms with Gasteiger partial charge in [0.1, 0.15) is 0 Å². The zero-order valence-corrected chi connectivity index (χ0v) is 15.6. The molecule has 1 aromatic heterocycles. The molecule has 0 bridgehead atoms. The molecule has 2 N–H and O–H groups in total. The molecular formula is C21H24ClN3O. The fourth-order valence-corrected chi connectivity index (χ4v) is 3.17. The maximum atomic E-state index is 12.3. The van der Waals surface area contributed by atoms with E-state index in [-0.39, 0.29) is 5.91 Å². The first kappa shape index (κ1) is 18.5. The Balaban J connectivity index is 1.50. The van der Waals surface area contributed by atoms with Gasteiger partial charge in [0.2, 0.25) is 0 Å². The Labute approximate surface area is 159 Å². The van der Waals surface area contributed by atoms with E-state index in [2.05, 4.69) is 21.7 Å². The number of hydrogen-bond donors (Lipinski definition) is 2. The predicted octanol–water partition coefficient (Wildman–Crippen LogP) is 4.97. The standard InChI is InChI=1S/C21H24ClN3O/c22-19-8-6-17(7-9-19)13-25-21(26)18-12-20(15-23-14-18)24-11-10-16-4-2-1-3-5-16/h4,6-9,12,14-15,24H,1-3,5,10-11,13H2,(H,25,26). The molecule has 2 aromatic rings. The number of benzene rings is 1. The van der Waals surface area contributed by atoms with Crippen molar-refractivity contribution in [3.63, 3.8) is 0 Å². The van der Waals surface area contributed by atoms with Crippen molar-refractivity contribution in [3.05, 3.63) is 70.5 Å². The van der Waals surface area contributed by atoms with Crippen LogP contribution in [0.3, 0.4) is 0 Å². The first-order valence-electron chi connectivity index (χ1n) is 9.10. The van der Waals surface area contributed by atoms with Crippen molar-refractivity contribution in [2.75, 3.05) is 11.9 Å². The molecule has 0 atom stereocenters. The molecular weight excluding hydrogens is 346 g/mol. The summed E-state index contributed by atoms with van der Waals surface area (Å²) in [5.74, 6) is -0.133. The molecule has 26 heavy (non-hydrogen) atoms. The molecule has 0 unspecified atom stereocenters. The fraction of sp³-hybridized carbons (Fsp3) is 0.333. The van der Waals surface area contributed by atoms with E-state index >= 15 is 0 Å². The number of rotatable bonds is 7. The lowest BCUT2D eigenvalue weighted by molar-refractivity contribution is 0.0950. The van der Waals surface area contributed by atoms with E-state index in [1.807, 2.05) is 30.3 Å². The third-order valence-corrected chi connectivity index (χ3v) is 4.78. The fourth-order valence-electron chi connectivity index (χ4n) is 3.05. The highest BCUT2D eigenvalue weighted by Gasteiger charge is 2.08. The average molecular weight is 370 g/mol. The number of nitrogens with one attached hydrogen (secondary N) is 2. The first-order valence-corrected chi connectivity index (χ1v) is 9.48. The number of halogens is 1. The average Bonchev–Trinajstić information content (AvgIpc) is 2.68. The summed E-state index contributed by atoms with van der Waals surface area (Å²) >= 11 is 5.87. The number of allylic oxidation sites excluding steroid dienone is 1. The maximum absolute atomic E-state index is 12.3. The molecule has 5 heteroatoms. The van der Waals surface area contributed by atoms with Crippen LogP contribution in [-0.4, -0.2) is 17.4 Å². The molecule has 0 spiro atoms. The van der Waals surface area contributed by atoms with Gasteiger partial charge in [-0.2, -0.15) is 0 Å². The SMILES string of the molecule is O=C(NCc1ccc(Cl)cc1)c1cncc(NCCC2=CCCCC2)c1. The molecule has 136 valence electrons. The Morgan fingerprint density at radius 2 is 2.00 bits per heavy atom. The van der Waals surface area contributed by atoms with Crippen LogP contribution in [0.15, 0.2) is 54.4 Å². The molecule has 4 nitrogen and oxygen atoms in total. The summed E-state index contributed by atoms with van der Waals surface area (Å²) in [6, 6.07) is 9.28. The molecule has 0 aliphatic heterocycles. The van der Waals surface area contributed by atoms with E-state index in [0.717, 1.165) is 24.2 Å². The van der Waals surface area contributed by atoms with Gasteiger partial charge in [-0.3, -0.25) is 9.78 Å². The molecule has 0 saturated carbocycles. The van der Waals surface area contributed by atoms with Crippen molar-refractivity contribution in [1.82, 2.24) is 10.3 Å². The summed E-state index contributed by atoms with van der Waals surface area (Å²) < 4.78 is 0. The van der Waals surface area contributed by atoms with Gasteiger partial charge >= 0.3 is 0 Å². The van der Waals surface area contributed by atoms with Gasteiger partial charge in [0.05, 0.1) is 11.3 Å². The minimum absolute atomic E-state index is 0.133. The van der Waals surface area contributed by atoms with Crippen molar-refractivity contribution >= 4 is 23.2 Å². The topological polar surface area (TPSA) is 54.0 Å². The van der Waals surface area contributed by atoms with Gasteiger partial charge in [0.25, 0.3) is 5.91 Å². The second kappa shape index (κ2) is 9.39. The van der Waals surface area contributed by atoms with E-state index in [1.54, 1.807) is 12.4 Å². The van der Waals surface area contributed by atoms with Crippen molar-refractivity contribution in [2.45, 2.75) is 38.6 Å². The van der Waals surface area contributed by atoms with E-state index < -0.39 is 0 Å². The van der Waals surface area contributed by atoms with Gasteiger partial charge in [-0.05, 0) is 55.9 Å². The van der Waals surface area contributed by atoms with Gasteiger partial charge < -0.3 is 10.6 Å². The maximum Gasteiger partial charge on any atom is 0.253 e. The number of carbonyl (C=O) groups is 1. The van der Waals surface area contributed by atoms with Gasteiger partial charge in [-0.1, -0.05) is 35.4 Å². The van der Waals surface area contributed by atoms with Gasteiger partial charge in [0, 0.05) is 30.5 Å². The van der Waals surface area contributed by atoms with Crippen LogP contribution in [0.2, 0.25) is 5.02 Å². The molecule has 1 aliphatic carbocycles. The Morgan fingerprint density at radius 1 is 1.15 bits per heavy atom. The Kier molecular flexibility index (Phi) is 6.67. The van der Waals surface area contributed by atoms with E-state index in [0.29, 0.717) is 17.1 Å².